The summed E-state index contributed by atoms with van der Waals surface area (Å²) in [7, 11) is 0. The summed E-state index contributed by atoms with van der Waals surface area (Å²) in [5.41, 5.74) is 2.02. The third-order valence-electron chi connectivity index (χ3n) is 8.86. The van der Waals surface area contributed by atoms with Crippen LogP contribution < -0.4 is 9.64 Å². The number of hydrogen-bond donors (Lipinski definition) is 2. The Hall–Kier alpha value is -3.37. The Kier molecular flexibility index (Phi) is 5.75. The van der Waals surface area contributed by atoms with Crippen LogP contribution in [0.3, 0.4) is 0 Å². The van der Waals surface area contributed by atoms with Gasteiger partial charge in [-0.2, -0.15) is 15.1 Å². The van der Waals surface area contributed by atoms with Gasteiger partial charge in [-0.1, -0.05) is 0 Å². The van der Waals surface area contributed by atoms with Gasteiger partial charge in [0.15, 0.2) is 5.82 Å². The van der Waals surface area contributed by atoms with Crippen LogP contribution in [0, 0.1) is 12.7 Å². The summed E-state index contributed by atoms with van der Waals surface area (Å²) in [4.78, 5) is 18.6. The van der Waals surface area contributed by atoms with Gasteiger partial charge in [0.25, 0.3) is 0 Å². The number of ether oxygens (including phenoxy) is 1. The maximum Gasteiger partial charge on any atom is 0.319 e. The second-order valence-electron chi connectivity index (χ2n) is 11.9. The second-order valence-corrected chi connectivity index (χ2v) is 11.9. The van der Waals surface area contributed by atoms with E-state index in [0.29, 0.717) is 42.9 Å². The van der Waals surface area contributed by atoms with E-state index in [0.717, 1.165) is 48.8 Å². The average Bonchev–Trinajstić information content (AvgIpc) is 3.62. The molecule has 2 N–H and O–H groups in total. The molecule has 9 nitrogen and oxygen atoms in total. The van der Waals surface area contributed by atoms with E-state index < -0.39 is 11.4 Å². The molecule has 3 saturated heterocycles. The molecule has 204 valence electrons. The number of fused-ring (bicyclic) bond motifs is 3. The molecule has 0 radical (unpaired) electrons. The van der Waals surface area contributed by atoms with Crippen LogP contribution >= 0.6 is 0 Å². The predicted molar refractivity (Wildman–Crippen MR) is 147 cm³/mol. The number of piperidine rings is 1. The SMILES string of the molecule is Cc1cc(-c2ncc3c(N4CCCC(C)(O)C4)nc(OCC45CCCN4CCC5)nc3c2F)c2cn[nH]c2c1. The van der Waals surface area contributed by atoms with Gasteiger partial charge >= 0.3 is 6.01 Å². The Morgan fingerprint density at radius 3 is 2.64 bits per heavy atom. The summed E-state index contributed by atoms with van der Waals surface area (Å²) in [6, 6.07) is 4.07. The number of nitrogens with one attached hydrogen (secondary N) is 1. The maximum atomic E-state index is 16.4. The molecule has 4 aromatic rings. The van der Waals surface area contributed by atoms with Gasteiger partial charge in [-0.05, 0) is 83.2 Å². The fraction of sp³-hybridized carbons (Fsp3) is 0.517. The van der Waals surface area contributed by atoms with Crippen molar-refractivity contribution in [3.05, 3.63) is 35.9 Å². The summed E-state index contributed by atoms with van der Waals surface area (Å²) in [5.74, 6) is 0.0391. The van der Waals surface area contributed by atoms with Crippen LogP contribution in [0.25, 0.3) is 33.1 Å². The van der Waals surface area contributed by atoms with Crippen molar-refractivity contribution < 1.29 is 14.2 Å². The molecule has 6 heterocycles. The van der Waals surface area contributed by atoms with Gasteiger partial charge in [0.05, 0.1) is 28.2 Å². The number of halogens is 1. The van der Waals surface area contributed by atoms with E-state index in [9.17, 15) is 5.11 Å². The molecule has 0 saturated carbocycles. The van der Waals surface area contributed by atoms with Gasteiger partial charge in [0, 0.05) is 30.2 Å². The molecular formula is C29H34FN7O2. The molecule has 1 aromatic carbocycles. The highest BCUT2D eigenvalue weighted by molar-refractivity contribution is 5.98. The minimum absolute atomic E-state index is 0.0175. The molecule has 3 fully saturated rings. The maximum absolute atomic E-state index is 16.4. The Balaban J connectivity index is 1.35. The van der Waals surface area contributed by atoms with Gasteiger partial charge in [-0.3, -0.25) is 15.0 Å². The van der Waals surface area contributed by atoms with Crippen molar-refractivity contribution in [3.8, 4) is 17.3 Å². The van der Waals surface area contributed by atoms with Crippen LogP contribution in [0.1, 0.15) is 51.0 Å². The van der Waals surface area contributed by atoms with Crippen molar-refractivity contribution >= 4 is 27.6 Å². The minimum atomic E-state index is -0.857. The number of benzene rings is 1. The first-order valence-corrected chi connectivity index (χ1v) is 14.0. The topological polar surface area (TPSA) is 103 Å². The minimum Gasteiger partial charge on any atom is -0.461 e. The Labute approximate surface area is 226 Å². The molecule has 0 aliphatic carbocycles. The number of aliphatic hydroxyl groups is 1. The number of pyridine rings is 1. The Morgan fingerprint density at radius 2 is 1.85 bits per heavy atom. The zero-order valence-electron chi connectivity index (χ0n) is 22.5. The molecule has 10 heteroatoms. The van der Waals surface area contributed by atoms with Gasteiger partial charge in [0.1, 0.15) is 23.6 Å². The third kappa shape index (κ3) is 4.21. The smallest absolute Gasteiger partial charge is 0.319 e. The quantitative estimate of drug-likeness (QED) is 0.391. The number of aromatic nitrogens is 5. The number of anilines is 1. The molecule has 0 amide bonds. The lowest BCUT2D eigenvalue weighted by Crippen LogP contribution is -2.46. The number of rotatable bonds is 5. The molecule has 0 bridgehead atoms. The van der Waals surface area contributed by atoms with Gasteiger partial charge in [-0.25, -0.2) is 4.39 Å². The summed E-state index contributed by atoms with van der Waals surface area (Å²) in [5, 5.41) is 19.3. The van der Waals surface area contributed by atoms with Crippen LogP contribution in [0.5, 0.6) is 6.01 Å². The molecule has 3 aromatic heterocycles. The highest BCUT2D eigenvalue weighted by atomic mass is 19.1. The first kappa shape index (κ1) is 24.7. The van der Waals surface area contributed by atoms with Crippen molar-refractivity contribution in [1.29, 1.82) is 0 Å². The zero-order chi connectivity index (χ0) is 26.8. The normalized spacial score (nSPS) is 23.1. The first-order chi connectivity index (χ1) is 18.8. The lowest BCUT2D eigenvalue weighted by Gasteiger charge is -2.38. The Bertz CT molecular complexity index is 1560. The standard InChI is InChI=1S/C29H34FN7O2/c1-18-12-19(20-15-32-35-22(20)13-18)24-23(30)25-21(14-31-24)26(36-9-3-6-28(2,38)16-36)34-27(33-25)39-17-29-7-4-10-37(29)11-5-8-29/h12-15,38H,3-11,16-17H2,1-2H3,(H,32,35). The average molecular weight is 532 g/mol. The lowest BCUT2D eigenvalue weighted by molar-refractivity contribution is 0.0447. The summed E-state index contributed by atoms with van der Waals surface area (Å²) in [6.45, 7) is 7.58. The predicted octanol–water partition coefficient (Wildman–Crippen LogP) is 4.37. The monoisotopic (exact) mass is 531 g/mol. The van der Waals surface area contributed by atoms with Gasteiger partial charge in [-0.15, -0.1) is 0 Å². The van der Waals surface area contributed by atoms with E-state index in [4.69, 9.17) is 9.72 Å². The van der Waals surface area contributed by atoms with Gasteiger partial charge in [0.2, 0.25) is 0 Å². The molecule has 1 atom stereocenters. The van der Waals surface area contributed by atoms with Crippen LogP contribution in [-0.4, -0.2) is 79.1 Å². The van der Waals surface area contributed by atoms with Gasteiger partial charge < -0.3 is 14.7 Å². The number of aryl methyl sites for hydroxylation is 1. The molecule has 1 unspecified atom stereocenters. The fourth-order valence-corrected chi connectivity index (χ4v) is 6.97. The molecule has 3 aliphatic rings. The largest absolute Gasteiger partial charge is 0.461 e. The lowest BCUT2D eigenvalue weighted by atomic mass is 9.95. The Morgan fingerprint density at radius 1 is 1.05 bits per heavy atom. The van der Waals surface area contributed by atoms with Crippen molar-refractivity contribution in [2.24, 2.45) is 0 Å². The van der Waals surface area contributed by atoms with E-state index in [1.165, 1.54) is 12.8 Å². The number of H-pyrrole nitrogens is 1. The highest BCUT2D eigenvalue weighted by Gasteiger charge is 2.45. The molecule has 7 rings (SSSR count). The first-order valence-electron chi connectivity index (χ1n) is 14.0. The van der Waals surface area contributed by atoms with Crippen LogP contribution in [0.4, 0.5) is 10.2 Å². The van der Waals surface area contributed by atoms with Crippen molar-refractivity contribution in [2.45, 2.75) is 63.5 Å². The summed E-state index contributed by atoms with van der Waals surface area (Å²) >= 11 is 0. The van der Waals surface area contributed by atoms with Crippen LogP contribution in [-0.2, 0) is 0 Å². The number of nitrogens with zero attached hydrogens (tertiary/aromatic N) is 6. The van der Waals surface area contributed by atoms with E-state index >= 15 is 4.39 Å². The molecule has 39 heavy (non-hydrogen) atoms. The van der Waals surface area contributed by atoms with E-state index in [-0.39, 0.29) is 22.8 Å². The van der Waals surface area contributed by atoms with E-state index in [1.807, 2.05) is 30.9 Å². The van der Waals surface area contributed by atoms with Crippen molar-refractivity contribution in [3.63, 3.8) is 0 Å². The van der Waals surface area contributed by atoms with Crippen molar-refractivity contribution in [2.75, 3.05) is 37.7 Å². The molecule has 0 spiro atoms. The number of hydrogen-bond acceptors (Lipinski definition) is 8. The van der Waals surface area contributed by atoms with E-state index in [2.05, 4.69) is 25.1 Å². The zero-order valence-corrected chi connectivity index (χ0v) is 22.5. The van der Waals surface area contributed by atoms with Crippen molar-refractivity contribution in [1.82, 2.24) is 30.0 Å². The second kappa shape index (κ2) is 9.09. The van der Waals surface area contributed by atoms with E-state index in [1.54, 1.807) is 12.4 Å². The molecular weight excluding hydrogens is 497 g/mol. The fourth-order valence-electron chi connectivity index (χ4n) is 6.97. The van der Waals surface area contributed by atoms with Crippen LogP contribution in [0.15, 0.2) is 24.5 Å². The number of aromatic amines is 1. The third-order valence-corrected chi connectivity index (χ3v) is 8.86. The molecule has 3 aliphatic heterocycles. The summed E-state index contributed by atoms with van der Waals surface area (Å²) < 4.78 is 22.7. The number of β-amino-alcohol motifs (C(OH)–C–C–N with tert-alkyl or cyclic N) is 1. The highest BCUT2D eigenvalue weighted by Crippen LogP contribution is 2.40. The van der Waals surface area contributed by atoms with Crippen LogP contribution in [0.2, 0.25) is 0 Å². The summed E-state index contributed by atoms with van der Waals surface area (Å²) in [6.07, 6.45) is 9.38.